The highest BCUT2D eigenvalue weighted by Crippen LogP contribution is 2.15. The van der Waals surface area contributed by atoms with E-state index in [9.17, 15) is 18.0 Å². The number of rotatable bonds is 9. The summed E-state index contributed by atoms with van der Waals surface area (Å²) >= 11 is 0. The molecule has 0 bridgehead atoms. The van der Waals surface area contributed by atoms with Gasteiger partial charge in [-0.25, -0.2) is 18.4 Å². The standard InChI is InChI=1S/C19H23N3O6S/c1-19(18(24)27-2,13-28-15-6-4-3-5-7-15)21-12-17(23)22-14-8-10-16(11-9-14)29(20,25)26/h3-11,21H,12-13H2,1-2H3,(H,22,23)(H2,20,25,26). The van der Waals surface area contributed by atoms with Gasteiger partial charge in [0, 0.05) is 5.69 Å². The minimum Gasteiger partial charge on any atom is -0.491 e. The number of nitrogens with two attached hydrogens (primary N) is 1. The summed E-state index contributed by atoms with van der Waals surface area (Å²) in [5.74, 6) is -0.453. The maximum atomic E-state index is 12.2. The van der Waals surface area contributed by atoms with Gasteiger partial charge in [0.15, 0.2) is 0 Å². The second-order valence-electron chi connectivity index (χ2n) is 6.40. The van der Waals surface area contributed by atoms with Gasteiger partial charge in [0.2, 0.25) is 15.9 Å². The van der Waals surface area contributed by atoms with E-state index in [4.69, 9.17) is 14.6 Å². The van der Waals surface area contributed by atoms with Crippen molar-refractivity contribution in [2.75, 3.05) is 25.6 Å². The highest BCUT2D eigenvalue weighted by molar-refractivity contribution is 7.89. The van der Waals surface area contributed by atoms with Crippen molar-refractivity contribution >= 4 is 27.6 Å². The van der Waals surface area contributed by atoms with Crippen molar-refractivity contribution in [2.24, 2.45) is 5.14 Å². The average molecular weight is 421 g/mol. The molecule has 2 rings (SSSR count). The van der Waals surface area contributed by atoms with Crippen LogP contribution in [-0.4, -0.2) is 46.1 Å². The van der Waals surface area contributed by atoms with E-state index in [-0.39, 0.29) is 18.0 Å². The lowest BCUT2D eigenvalue weighted by atomic mass is 10.0. The summed E-state index contributed by atoms with van der Waals surface area (Å²) in [5.41, 5.74) is -0.885. The van der Waals surface area contributed by atoms with Gasteiger partial charge >= 0.3 is 5.97 Å². The summed E-state index contributed by atoms with van der Waals surface area (Å²) in [5, 5.41) is 10.5. The van der Waals surface area contributed by atoms with Crippen LogP contribution >= 0.6 is 0 Å². The van der Waals surface area contributed by atoms with Crippen LogP contribution in [0, 0.1) is 0 Å². The highest BCUT2D eigenvalue weighted by Gasteiger charge is 2.35. The Kier molecular flexibility index (Phi) is 7.32. The van der Waals surface area contributed by atoms with Crippen LogP contribution in [0.3, 0.4) is 0 Å². The van der Waals surface area contributed by atoms with Crippen LogP contribution in [0.2, 0.25) is 0 Å². The number of methoxy groups -OCH3 is 1. The molecule has 0 aromatic heterocycles. The molecule has 2 aromatic carbocycles. The number of anilines is 1. The van der Waals surface area contributed by atoms with Crippen molar-refractivity contribution in [3.05, 3.63) is 54.6 Å². The second kappa shape index (κ2) is 9.50. The maximum absolute atomic E-state index is 12.2. The molecular weight excluding hydrogens is 398 g/mol. The summed E-state index contributed by atoms with van der Waals surface area (Å²) in [7, 11) is -2.56. The van der Waals surface area contributed by atoms with Crippen LogP contribution in [0.4, 0.5) is 5.69 Å². The molecule has 1 unspecified atom stereocenters. The molecular formula is C19H23N3O6S. The van der Waals surface area contributed by atoms with Crippen molar-refractivity contribution in [2.45, 2.75) is 17.4 Å². The molecule has 2 aromatic rings. The van der Waals surface area contributed by atoms with E-state index in [1.165, 1.54) is 31.4 Å². The van der Waals surface area contributed by atoms with Gasteiger partial charge in [-0.3, -0.25) is 10.1 Å². The van der Waals surface area contributed by atoms with Gasteiger partial charge < -0.3 is 14.8 Å². The minimum absolute atomic E-state index is 0.0555. The van der Waals surface area contributed by atoms with Crippen LogP contribution in [0.25, 0.3) is 0 Å². The molecule has 0 aliphatic rings. The molecule has 10 heteroatoms. The molecule has 1 amide bonds. The number of nitrogens with one attached hydrogen (secondary N) is 2. The molecule has 1 atom stereocenters. The van der Waals surface area contributed by atoms with Gasteiger partial charge in [-0.15, -0.1) is 0 Å². The highest BCUT2D eigenvalue weighted by atomic mass is 32.2. The molecule has 0 spiro atoms. The third-order valence-corrected chi connectivity index (χ3v) is 4.94. The van der Waals surface area contributed by atoms with E-state index < -0.39 is 27.4 Å². The first-order valence-corrected chi connectivity index (χ1v) is 10.1. The lowest BCUT2D eigenvalue weighted by molar-refractivity contribution is -0.149. The Labute approximate surface area is 169 Å². The fourth-order valence-corrected chi connectivity index (χ4v) is 2.88. The predicted molar refractivity (Wildman–Crippen MR) is 107 cm³/mol. The number of hydrogen-bond acceptors (Lipinski definition) is 7. The van der Waals surface area contributed by atoms with Crippen molar-refractivity contribution in [1.29, 1.82) is 0 Å². The number of sulfonamides is 1. The van der Waals surface area contributed by atoms with Gasteiger partial charge in [0.05, 0.1) is 18.6 Å². The number of para-hydroxylation sites is 1. The lowest BCUT2D eigenvalue weighted by Gasteiger charge is -2.27. The number of amides is 1. The van der Waals surface area contributed by atoms with E-state index in [2.05, 4.69) is 10.6 Å². The second-order valence-corrected chi connectivity index (χ2v) is 7.96. The van der Waals surface area contributed by atoms with Crippen molar-refractivity contribution in [1.82, 2.24) is 5.32 Å². The van der Waals surface area contributed by atoms with Crippen molar-refractivity contribution < 1.29 is 27.5 Å². The average Bonchev–Trinajstić information content (AvgIpc) is 2.70. The Morgan fingerprint density at radius 3 is 2.24 bits per heavy atom. The van der Waals surface area contributed by atoms with E-state index in [1.807, 2.05) is 6.07 Å². The summed E-state index contributed by atoms with van der Waals surface area (Å²) < 4.78 is 33.0. The summed E-state index contributed by atoms with van der Waals surface area (Å²) in [6.07, 6.45) is 0. The fraction of sp³-hybridized carbons (Fsp3) is 0.263. The molecule has 4 N–H and O–H groups in total. The van der Waals surface area contributed by atoms with E-state index >= 15 is 0 Å². The Bertz CT molecular complexity index is 948. The SMILES string of the molecule is COC(=O)C(C)(COc1ccccc1)NCC(=O)Nc1ccc(S(N)(=O)=O)cc1. The predicted octanol–water partition coefficient (Wildman–Crippen LogP) is 0.873. The van der Waals surface area contributed by atoms with Crippen LogP contribution < -0.4 is 20.5 Å². The van der Waals surface area contributed by atoms with Crippen molar-refractivity contribution in [3.63, 3.8) is 0 Å². The molecule has 0 saturated heterocycles. The Morgan fingerprint density at radius 1 is 1.07 bits per heavy atom. The number of hydrogen-bond donors (Lipinski definition) is 3. The molecule has 0 radical (unpaired) electrons. The Hall–Kier alpha value is -2.95. The summed E-state index contributed by atoms with van der Waals surface area (Å²) in [6, 6.07) is 14.3. The van der Waals surface area contributed by atoms with E-state index in [1.54, 1.807) is 31.2 Å². The topological polar surface area (TPSA) is 137 Å². The largest absolute Gasteiger partial charge is 0.491 e. The smallest absolute Gasteiger partial charge is 0.329 e. The maximum Gasteiger partial charge on any atom is 0.329 e. The van der Waals surface area contributed by atoms with Crippen LogP contribution in [0.1, 0.15) is 6.92 Å². The van der Waals surface area contributed by atoms with Gasteiger partial charge in [-0.05, 0) is 43.3 Å². The number of esters is 1. The number of carbonyl (C=O) groups excluding carboxylic acids is 2. The molecule has 0 aliphatic carbocycles. The number of benzene rings is 2. The molecule has 156 valence electrons. The molecule has 0 heterocycles. The normalized spacial score (nSPS) is 13.2. The summed E-state index contributed by atoms with van der Waals surface area (Å²) in [6.45, 7) is 1.30. The summed E-state index contributed by atoms with van der Waals surface area (Å²) in [4.78, 5) is 24.3. The first-order chi connectivity index (χ1) is 13.6. The first-order valence-electron chi connectivity index (χ1n) is 8.58. The number of primary sulfonamides is 1. The monoisotopic (exact) mass is 421 g/mol. The van der Waals surface area contributed by atoms with Gasteiger partial charge in [0.25, 0.3) is 0 Å². The molecule has 29 heavy (non-hydrogen) atoms. The Balaban J connectivity index is 1.97. The van der Waals surface area contributed by atoms with E-state index in [0.29, 0.717) is 11.4 Å². The zero-order chi connectivity index (χ0) is 21.5. The van der Waals surface area contributed by atoms with Crippen LogP contribution in [0.5, 0.6) is 5.75 Å². The lowest BCUT2D eigenvalue weighted by Crippen LogP contribution is -2.56. The zero-order valence-corrected chi connectivity index (χ0v) is 16.9. The van der Waals surface area contributed by atoms with Crippen molar-refractivity contribution in [3.8, 4) is 5.75 Å². The van der Waals surface area contributed by atoms with Gasteiger partial charge in [-0.1, -0.05) is 18.2 Å². The van der Waals surface area contributed by atoms with Gasteiger partial charge in [0.1, 0.15) is 17.9 Å². The third-order valence-electron chi connectivity index (χ3n) is 4.01. The zero-order valence-electron chi connectivity index (χ0n) is 16.0. The quantitative estimate of drug-likeness (QED) is 0.511. The fourth-order valence-electron chi connectivity index (χ4n) is 2.36. The molecule has 0 fully saturated rings. The van der Waals surface area contributed by atoms with E-state index in [0.717, 1.165) is 0 Å². The Morgan fingerprint density at radius 2 is 1.69 bits per heavy atom. The van der Waals surface area contributed by atoms with Crippen LogP contribution in [0.15, 0.2) is 59.5 Å². The molecule has 9 nitrogen and oxygen atoms in total. The molecule has 0 saturated carbocycles. The third kappa shape index (κ3) is 6.56. The van der Waals surface area contributed by atoms with Crippen LogP contribution in [-0.2, 0) is 24.3 Å². The van der Waals surface area contributed by atoms with Gasteiger partial charge in [-0.2, -0.15) is 0 Å². The number of ether oxygens (including phenoxy) is 2. The molecule has 0 aliphatic heterocycles. The first kappa shape index (κ1) is 22.3. The minimum atomic E-state index is -3.81. The number of carbonyl (C=O) groups is 2.